The number of pyridine rings is 1. The number of halogens is 1. The van der Waals surface area contributed by atoms with Crippen LogP contribution in [0.5, 0.6) is 0 Å². The van der Waals surface area contributed by atoms with E-state index in [0.717, 1.165) is 0 Å². The fraction of sp³-hybridized carbons (Fsp3) is 0.0500. The van der Waals surface area contributed by atoms with Crippen LogP contribution in [0.25, 0.3) is 0 Å². The molecule has 0 fully saturated rings. The van der Waals surface area contributed by atoms with E-state index in [1.807, 2.05) is 0 Å². The van der Waals surface area contributed by atoms with Crippen molar-refractivity contribution in [3.05, 3.63) is 78.2 Å². The lowest BCUT2D eigenvalue weighted by Gasteiger charge is -2.09. The first kappa shape index (κ1) is 18.1. The molecule has 27 heavy (non-hydrogen) atoms. The van der Waals surface area contributed by atoms with Crippen molar-refractivity contribution in [1.29, 1.82) is 0 Å². The summed E-state index contributed by atoms with van der Waals surface area (Å²) in [6.45, 7) is 1.41. The van der Waals surface area contributed by atoms with Crippen LogP contribution in [-0.4, -0.2) is 16.8 Å². The van der Waals surface area contributed by atoms with Crippen LogP contribution in [-0.2, 0) is 4.79 Å². The average molecular weight is 364 g/mol. The highest BCUT2D eigenvalue weighted by molar-refractivity contribution is 6.05. The number of nitrogens with one attached hydrogen (secondary N) is 3. The summed E-state index contributed by atoms with van der Waals surface area (Å²) in [7, 11) is 0. The molecule has 0 saturated heterocycles. The highest BCUT2D eigenvalue weighted by Gasteiger charge is 2.08. The Labute approximate surface area is 155 Å². The van der Waals surface area contributed by atoms with Gasteiger partial charge < -0.3 is 16.0 Å². The topological polar surface area (TPSA) is 83.1 Å². The van der Waals surface area contributed by atoms with Gasteiger partial charge in [-0.2, -0.15) is 0 Å². The lowest BCUT2D eigenvalue weighted by Crippen LogP contribution is -2.13. The van der Waals surface area contributed by atoms with Crippen LogP contribution in [0.2, 0.25) is 0 Å². The molecule has 7 heteroatoms. The zero-order valence-electron chi connectivity index (χ0n) is 14.5. The molecule has 0 atom stereocenters. The summed E-state index contributed by atoms with van der Waals surface area (Å²) in [5, 5.41) is 8.45. The van der Waals surface area contributed by atoms with E-state index in [0.29, 0.717) is 28.4 Å². The number of hydrogen-bond acceptors (Lipinski definition) is 4. The molecule has 0 spiro atoms. The monoisotopic (exact) mass is 364 g/mol. The van der Waals surface area contributed by atoms with Crippen LogP contribution < -0.4 is 16.0 Å². The second-order valence-electron chi connectivity index (χ2n) is 5.78. The molecular weight excluding hydrogens is 347 g/mol. The SMILES string of the molecule is CC(=O)Nc1cccc(NC(=O)c2ccnc(Nc3ccc(F)cc3)c2)c1. The largest absolute Gasteiger partial charge is 0.340 e. The summed E-state index contributed by atoms with van der Waals surface area (Å²) in [6.07, 6.45) is 1.51. The molecule has 2 amide bonds. The zero-order chi connectivity index (χ0) is 19.2. The third-order valence-corrected chi connectivity index (χ3v) is 3.58. The maximum atomic E-state index is 13.0. The summed E-state index contributed by atoms with van der Waals surface area (Å²) in [6, 6.07) is 15.9. The molecule has 1 heterocycles. The quantitative estimate of drug-likeness (QED) is 0.634. The molecule has 1 aromatic heterocycles. The first-order valence-electron chi connectivity index (χ1n) is 8.17. The van der Waals surface area contributed by atoms with Crippen molar-refractivity contribution < 1.29 is 14.0 Å². The van der Waals surface area contributed by atoms with Gasteiger partial charge in [-0.05, 0) is 54.6 Å². The van der Waals surface area contributed by atoms with E-state index in [-0.39, 0.29) is 17.6 Å². The smallest absolute Gasteiger partial charge is 0.255 e. The number of carbonyl (C=O) groups excluding carboxylic acids is 2. The van der Waals surface area contributed by atoms with Crippen LogP contribution in [0.3, 0.4) is 0 Å². The Morgan fingerprint density at radius 3 is 2.30 bits per heavy atom. The Kier molecular flexibility index (Phi) is 5.41. The summed E-state index contributed by atoms with van der Waals surface area (Å²) >= 11 is 0. The number of nitrogens with zero attached hydrogens (tertiary/aromatic N) is 1. The number of hydrogen-bond donors (Lipinski definition) is 3. The number of amides is 2. The molecule has 2 aromatic carbocycles. The predicted molar refractivity (Wildman–Crippen MR) is 103 cm³/mol. The zero-order valence-corrected chi connectivity index (χ0v) is 14.5. The number of rotatable bonds is 5. The van der Waals surface area contributed by atoms with E-state index in [1.54, 1.807) is 48.5 Å². The van der Waals surface area contributed by atoms with E-state index >= 15 is 0 Å². The molecular formula is C20H17FN4O2. The molecule has 6 nitrogen and oxygen atoms in total. The van der Waals surface area contributed by atoms with Gasteiger partial charge in [0, 0.05) is 35.7 Å². The first-order valence-corrected chi connectivity index (χ1v) is 8.17. The fourth-order valence-electron chi connectivity index (χ4n) is 2.40. The van der Waals surface area contributed by atoms with E-state index < -0.39 is 0 Å². The Bertz CT molecular complexity index is 974. The third kappa shape index (κ3) is 5.12. The fourth-order valence-corrected chi connectivity index (χ4v) is 2.40. The standard InChI is InChI=1S/C20H17FN4O2/c1-13(26)23-17-3-2-4-18(12-17)25-20(27)14-9-10-22-19(11-14)24-16-7-5-15(21)6-8-16/h2-12H,1H3,(H,22,24)(H,23,26)(H,25,27). The molecule has 0 aliphatic carbocycles. The highest BCUT2D eigenvalue weighted by atomic mass is 19.1. The van der Waals surface area contributed by atoms with Gasteiger partial charge in [-0.1, -0.05) is 6.07 Å². The number of carbonyl (C=O) groups is 2. The molecule has 0 aliphatic rings. The molecule has 3 rings (SSSR count). The minimum absolute atomic E-state index is 0.191. The maximum absolute atomic E-state index is 13.0. The van der Waals surface area contributed by atoms with Crippen LogP contribution in [0.1, 0.15) is 17.3 Å². The number of benzene rings is 2. The van der Waals surface area contributed by atoms with Crippen LogP contribution >= 0.6 is 0 Å². The van der Waals surface area contributed by atoms with E-state index in [4.69, 9.17) is 0 Å². The second kappa shape index (κ2) is 8.09. The minimum Gasteiger partial charge on any atom is -0.340 e. The Morgan fingerprint density at radius 1 is 0.889 bits per heavy atom. The molecule has 3 aromatic rings. The van der Waals surface area contributed by atoms with Crippen molar-refractivity contribution in [2.24, 2.45) is 0 Å². The minimum atomic E-state index is -0.330. The lowest BCUT2D eigenvalue weighted by molar-refractivity contribution is -0.114. The molecule has 0 saturated carbocycles. The van der Waals surface area contributed by atoms with Crippen LogP contribution in [0.15, 0.2) is 66.9 Å². The van der Waals surface area contributed by atoms with Gasteiger partial charge in [0.15, 0.2) is 0 Å². The molecule has 0 radical (unpaired) electrons. The van der Waals surface area contributed by atoms with Gasteiger partial charge in [0.05, 0.1) is 0 Å². The van der Waals surface area contributed by atoms with Crippen molar-refractivity contribution in [3.63, 3.8) is 0 Å². The van der Waals surface area contributed by atoms with E-state index in [9.17, 15) is 14.0 Å². The van der Waals surface area contributed by atoms with Gasteiger partial charge in [0.1, 0.15) is 11.6 Å². The van der Waals surface area contributed by atoms with Gasteiger partial charge in [0.25, 0.3) is 5.91 Å². The molecule has 0 bridgehead atoms. The van der Waals surface area contributed by atoms with Crippen molar-refractivity contribution in [1.82, 2.24) is 4.98 Å². The summed E-state index contributed by atoms with van der Waals surface area (Å²) in [4.78, 5) is 27.8. The Balaban J connectivity index is 1.71. The first-order chi connectivity index (χ1) is 13.0. The van der Waals surface area contributed by atoms with Gasteiger partial charge in [-0.3, -0.25) is 9.59 Å². The molecule has 0 aliphatic heterocycles. The van der Waals surface area contributed by atoms with Crippen molar-refractivity contribution in [2.75, 3.05) is 16.0 Å². The number of aromatic nitrogens is 1. The number of anilines is 4. The Morgan fingerprint density at radius 2 is 1.59 bits per heavy atom. The normalized spacial score (nSPS) is 10.1. The van der Waals surface area contributed by atoms with Gasteiger partial charge in [0.2, 0.25) is 5.91 Å². The average Bonchev–Trinajstić information content (AvgIpc) is 2.64. The third-order valence-electron chi connectivity index (χ3n) is 3.58. The molecule has 3 N–H and O–H groups in total. The lowest BCUT2D eigenvalue weighted by atomic mass is 10.2. The van der Waals surface area contributed by atoms with Gasteiger partial charge in [-0.15, -0.1) is 0 Å². The summed E-state index contributed by atoms with van der Waals surface area (Å²) < 4.78 is 13.0. The molecule has 136 valence electrons. The summed E-state index contributed by atoms with van der Waals surface area (Å²) in [5.74, 6) is -0.381. The second-order valence-corrected chi connectivity index (χ2v) is 5.78. The van der Waals surface area contributed by atoms with Crippen molar-refractivity contribution in [2.45, 2.75) is 6.92 Å². The molecule has 0 unspecified atom stereocenters. The summed E-state index contributed by atoms with van der Waals surface area (Å²) in [5.41, 5.74) is 2.20. The van der Waals surface area contributed by atoms with Crippen LogP contribution in [0, 0.1) is 5.82 Å². The van der Waals surface area contributed by atoms with Crippen LogP contribution in [0.4, 0.5) is 27.3 Å². The predicted octanol–water partition coefficient (Wildman–Crippen LogP) is 4.18. The van der Waals surface area contributed by atoms with E-state index in [1.165, 1.54) is 25.3 Å². The van der Waals surface area contributed by atoms with Crippen molar-refractivity contribution in [3.8, 4) is 0 Å². The van der Waals surface area contributed by atoms with Gasteiger partial charge >= 0.3 is 0 Å². The van der Waals surface area contributed by atoms with Gasteiger partial charge in [-0.25, -0.2) is 9.37 Å². The van der Waals surface area contributed by atoms with E-state index in [2.05, 4.69) is 20.9 Å². The highest BCUT2D eigenvalue weighted by Crippen LogP contribution is 2.18. The Hall–Kier alpha value is -3.74. The van der Waals surface area contributed by atoms with Crippen molar-refractivity contribution >= 4 is 34.7 Å². The maximum Gasteiger partial charge on any atom is 0.255 e.